The van der Waals surface area contributed by atoms with Crippen LogP contribution in [0.3, 0.4) is 0 Å². The molecule has 17 aromatic carbocycles. The maximum absolute atomic E-state index is 16.6. The summed E-state index contributed by atoms with van der Waals surface area (Å²) in [5.74, 6) is -30.2. The van der Waals surface area contributed by atoms with Gasteiger partial charge in [0.15, 0.2) is 69.8 Å². The van der Waals surface area contributed by atoms with Crippen LogP contribution in [0.15, 0.2) is 346 Å². The lowest BCUT2D eigenvalue weighted by molar-refractivity contribution is -0.144. The van der Waals surface area contributed by atoms with Gasteiger partial charge in [-0.25, -0.2) is 52.7 Å². The third-order valence-corrected chi connectivity index (χ3v) is 23.5. The molecule has 0 aliphatic carbocycles. The van der Waals surface area contributed by atoms with Crippen molar-refractivity contribution in [2.24, 2.45) is 0 Å². The van der Waals surface area contributed by atoms with Gasteiger partial charge in [0.25, 0.3) is 0 Å². The zero-order chi connectivity index (χ0) is 93.4. The van der Waals surface area contributed by atoms with E-state index in [1.165, 1.54) is 97.1 Å². The predicted octanol–water partition coefficient (Wildman–Crippen LogP) is 33.1. The van der Waals surface area contributed by atoms with E-state index in [-0.39, 0.29) is 71.1 Å². The first kappa shape index (κ1) is 85.8. The van der Waals surface area contributed by atoms with Gasteiger partial charge < -0.3 is 38.2 Å². The van der Waals surface area contributed by atoms with Crippen LogP contribution in [0, 0.1) is 69.8 Å². The summed E-state index contributed by atoms with van der Waals surface area (Å²) in [5, 5.41) is 1.11. The van der Waals surface area contributed by atoms with Crippen LogP contribution in [0.1, 0.15) is 16.7 Å². The van der Waals surface area contributed by atoms with Gasteiger partial charge in [-0.2, -0.15) is 39.5 Å². The van der Waals surface area contributed by atoms with Crippen molar-refractivity contribution in [3.05, 3.63) is 432 Å². The molecule has 0 aliphatic heterocycles. The number of anilines is 15. The van der Waals surface area contributed by atoms with Crippen molar-refractivity contribution in [2.75, 3.05) is 24.5 Å². The van der Waals surface area contributed by atoms with Gasteiger partial charge in [0.2, 0.25) is 0 Å². The predicted molar refractivity (Wildman–Crippen MR) is 477 cm³/mol. The molecular weight excluding hydrogens is 1770 g/mol. The van der Waals surface area contributed by atoms with Crippen molar-refractivity contribution in [3.8, 4) is 17.1 Å². The molecule has 0 saturated carbocycles. The largest absolute Gasteiger partial charge is 0.422 e. The van der Waals surface area contributed by atoms with Crippen molar-refractivity contribution >= 4 is 151 Å². The van der Waals surface area contributed by atoms with Crippen LogP contribution in [0.25, 0.3) is 82.5 Å². The highest BCUT2D eigenvalue weighted by Gasteiger charge is 2.47. The van der Waals surface area contributed by atoms with Gasteiger partial charge in [0.05, 0.1) is 33.1 Å². The maximum Gasteiger partial charge on any atom is 0.422 e. The highest BCUT2D eigenvalue weighted by Crippen LogP contribution is 2.52. The number of hydrogen-bond acceptors (Lipinski definition) is 5. The maximum atomic E-state index is 16.6. The fourth-order valence-corrected chi connectivity index (χ4v) is 17.8. The zero-order valence-corrected chi connectivity index (χ0v) is 68.4. The Morgan fingerprint density at radius 3 is 0.485 bits per heavy atom. The molecular formula is C105H57F21N8. The first-order chi connectivity index (χ1) is 64.4. The first-order valence-corrected chi connectivity index (χ1v) is 41.0. The van der Waals surface area contributed by atoms with Crippen molar-refractivity contribution in [3.63, 3.8) is 0 Å². The van der Waals surface area contributed by atoms with E-state index in [4.69, 9.17) is 0 Å². The molecule has 20 rings (SSSR count). The summed E-state index contributed by atoms with van der Waals surface area (Å²) in [6, 6.07) is 96.6. The third-order valence-electron chi connectivity index (χ3n) is 23.5. The molecule has 0 spiro atoms. The molecule has 8 nitrogen and oxygen atoms in total. The molecule has 0 radical (unpaired) electrons. The number of nitrogens with zero attached hydrogens (tertiary/aromatic N) is 8. The Bertz CT molecular complexity index is 7490. The summed E-state index contributed by atoms with van der Waals surface area (Å²) in [6.07, 6.45) is -17.6. The van der Waals surface area contributed by atoms with Crippen LogP contribution >= 0.6 is 0 Å². The van der Waals surface area contributed by atoms with Crippen LogP contribution in [-0.2, 0) is 18.5 Å². The Morgan fingerprint density at radius 2 is 0.299 bits per heavy atom. The van der Waals surface area contributed by atoms with Gasteiger partial charge in [0, 0.05) is 118 Å². The molecule has 664 valence electrons. The third kappa shape index (κ3) is 14.3. The van der Waals surface area contributed by atoms with E-state index in [2.05, 4.69) is 0 Å². The summed E-state index contributed by atoms with van der Waals surface area (Å²) in [5.41, 5.74) is -5.89. The van der Waals surface area contributed by atoms with E-state index in [9.17, 15) is 39.5 Å². The molecule has 0 saturated heterocycles. The fraction of sp³-hybridized carbons (Fsp3) is 0.0286. The summed E-state index contributed by atoms with van der Waals surface area (Å²) in [6.45, 7) is 0. The average Bonchev–Trinajstić information content (AvgIpc) is 1.57. The van der Waals surface area contributed by atoms with Crippen molar-refractivity contribution in [1.82, 2.24) is 13.7 Å². The quantitative estimate of drug-likeness (QED) is 0.0631. The van der Waals surface area contributed by atoms with E-state index in [0.717, 1.165) is 36.5 Å². The summed E-state index contributed by atoms with van der Waals surface area (Å²) >= 11 is 0. The van der Waals surface area contributed by atoms with E-state index in [1.807, 2.05) is 155 Å². The summed E-state index contributed by atoms with van der Waals surface area (Å²) in [4.78, 5) is 9.27. The molecule has 29 heteroatoms. The SMILES string of the molecule is Fc1c(F)c(C(F)(F)F)c(F)c(F)c1-n1c2ccccc2c2cc(N(c3ccc(N(c4ccccc4)c4ccccc4)cc3)c3ccc(N(c4ccc(N(c5ccc(N(c6ccccc6)c6ccccc6)cc5)c5ccc6c(c5)c5ccccc5n6-c5c(F)c(F)c(C(F)(F)F)c(F)c5F)cc4)c4ccc5c(c4)c4ccccc4n5-c4c(F)c(F)c(C(F)(F)F)c(F)c4F)cc3)ccc21. The topological polar surface area (TPSA) is 31.0 Å². The Balaban J connectivity index is 0.780. The Labute approximate surface area is 745 Å². The number of rotatable bonds is 18. The van der Waals surface area contributed by atoms with E-state index < -0.39 is 122 Å². The van der Waals surface area contributed by atoms with Gasteiger partial charge in [-0.1, -0.05) is 127 Å². The highest BCUT2D eigenvalue weighted by atomic mass is 19.4. The zero-order valence-electron chi connectivity index (χ0n) is 68.4. The number of hydrogen-bond donors (Lipinski definition) is 0. The molecule has 3 heterocycles. The smallest absolute Gasteiger partial charge is 0.311 e. The van der Waals surface area contributed by atoms with Crippen LogP contribution in [0.2, 0.25) is 0 Å². The normalized spacial score (nSPS) is 12.1. The second-order valence-corrected chi connectivity index (χ2v) is 31.2. The molecule has 0 aliphatic rings. The minimum Gasteiger partial charge on any atom is -0.311 e. The van der Waals surface area contributed by atoms with Crippen molar-refractivity contribution < 1.29 is 92.2 Å². The van der Waals surface area contributed by atoms with Gasteiger partial charge in [-0.05, 0) is 218 Å². The molecule has 0 bridgehead atoms. The molecule has 0 amide bonds. The van der Waals surface area contributed by atoms with Crippen molar-refractivity contribution in [2.45, 2.75) is 18.5 Å². The van der Waals surface area contributed by atoms with E-state index in [1.54, 1.807) is 118 Å². The minimum atomic E-state index is -5.89. The number of aromatic nitrogens is 3. The Morgan fingerprint density at radius 1 is 0.149 bits per heavy atom. The van der Waals surface area contributed by atoms with Crippen LogP contribution in [-0.4, -0.2) is 13.7 Å². The van der Waals surface area contributed by atoms with Crippen LogP contribution in [0.5, 0.6) is 0 Å². The Hall–Kier alpha value is -16.3. The van der Waals surface area contributed by atoms with E-state index >= 15 is 52.7 Å². The second-order valence-electron chi connectivity index (χ2n) is 31.2. The second kappa shape index (κ2) is 32.9. The number of benzene rings is 17. The van der Waals surface area contributed by atoms with Gasteiger partial charge in [0.1, 0.15) is 33.8 Å². The van der Waals surface area contributed by atoms with Gasteiger partial charge in [-0.15, -0.1) is 0 Å². The first-order valence-electron chi connectivity index (χ1n) is 41.0. The molecule has 0 fully saturated rings. The fourth-order valence-electron chi connectivity index (χ4n) is 17.8. The Kier molecular flexibility index (Phi) is 21.1. The minimum absolute atomic E-state index is 0.0766. The van der Waals surface area contributed by atoms with Crippen molar-refractivity contribution in [1.29, 1.82) is 0 Å². The lowest BCUT2D eigenvalue weighted by atomic mass is 10.1. The molecule has 0 unspecified atom stereocenters. The van der Waals surface area contributed by atoms with E-state index in [0.29, 0.717) is 56.9 Å². The number of alkyl halides is 9. The lowest BCUT2D eigenvalue weighted by Gasteiger charge is -2.30. The monoisotopic (exact) mass is 1830 g/mol. The standard InChI is InChI=1S/C105H57F21N8/c106-88-85(103(118,119)120)89(107)95(113)100(94(88)112)132-79-30-16-13-27-73(79)76-55-70(49-52-82(76)132)129(64-37-33-62(34-38-64)127(58-19-5-1-6-20-58)59-21-7-2-8-22-59)66-41-45-68(46-42-66)131(72-51-54-84-78(57-72)75-29-15-18-32-81(75)134(84)102-98(116)92(110)87(105(124,125)126)93(111)99(102)117)69-47-43-67(44-48-69)130(65-39-35-63(36-40-65)128(60-23-9-3-10-24-60)61-25-11-4-12-26-61)71-50-53-83-77(56-71)74-28-14-17-31-80(74)133(83)101-96(114)90(108)86(104(121,122)123)91(109)97(101)115/h1-57H. The van der Waals surface area contributed by atoms with Gasteiger partial charge in [-0.3, -0.25) is 0 Å². The number of para-hydroxylation sites is 7. The molecule has 3 aromatic heterocycles. The molecule has 134 heavy (non-hydrogen) atoms. The lowest BCUT2D eigenvalue weighted by Crippen LogP contribution is -2.18. The highest BCUT2D eigenvalue weighted by molar-refractivity contribution is 6.14. The average molecular weight is 1830 g/mol. The number of fused-ring (bicyclic) bond motifs is 9. The molecule has 0 atom stereocenters. The molecule has 20 aromatic rings. The number of halogens is 21. The summed E-state index contributed by atoms with van der Waals surface area (Å²) in [7, 11) is 0. The van der Waals surface area contributed by atoms with Crippen LogP contribution in [0.4, 0.5) is 178 Å². The van der Waals surface area contributed by atoms with Gasteiger partial charge >= 0.3 is 18.5 Å². The molecule has 0 N–H and O–H groups in total. The van der Waals surface area contributed by atoms with Crippen LogP contribution < -0.4 is 24.5 Å². The summed E-state index contributed by atoms with van der Waals surface area (Å²) < 4.78 is 323.